The first-order chi connectivity index (χ1) is 14.1. The van der Waals surface area contributed by atoms with E-state index in [-0.39, 0.29) is 6.09 Å². The fourth-order valence-electron chi connectivity index (χ4n) is 2.93. The van der Waals surface area contributed by atoms with E-state index in [1.807, 2.05) is 32.0 Å². The summed E-state index contributed by atoms with van der Waals surface area (Å²) in [5.74, 6) is 0.955. The van der Waals surface area contributed by atoms with Crippen LogP contribution in [0.5, 0.6) is 0 Å². The maximum atomic E-state index is 12.2. The van der Waals surface area contributed by atoms with Crippen molar-refractivity contribution in [2.75, 3.05) is 26.4 Å². The Labute approximate surface area is 175 Å². The van der Waals surface area contributed by atoms with Crippen molar-refractivity contribution >= 4 is 29.1 Å². The van der Waals surface area contributed by atoms with Crippen LogP contribution in [-0.2, 0) is 16.0 Å². The normalized spacial score (nSPS) is 11.0. The predicted molar refractivity (Wildman–Crippen MR) is 114 cm³/mol. The molecule has 1 aromatic carbocycles. The highest BCUT2D eigenvalue weighted by Gasteiger charge is 2.16. The summed E-state index contributed by atoms with van der Waals surface area (Å²) in [4.78, 5) is 21.9. The third kappa shape index (κ3) is 5.48. The van der Waals surface area contributed by atoms with Gasteiger partial charge >= 0.3 is 6.09 Å². The van der Waals surface area contributed by atoms with E-state index in [4.69, 9.17) is 9.47 Å². The van der Waals surface area contributed by atoms with E-state index in [9.17, 15) is 4.79 Å². The Hall–Kier alpha value is -2.58. The van der Waals surface area contributed by atoms with Crippen molar-refractivity contribution in [3.05, 3.63) is 54.1 Å². The molecule has 0 saturated carbocycles. The molecular weight excluding hydrogens is 388 g/mol. The lowest BCUT2D eigenvalue weighted by Gasteiger charge is -2.20. The first kappa shape index (κ1) is 21.1. The summed E-state index contributed by atoms with van der Waals surface area (Å²) in [5, 5.41) is 0. The first-order valence-corrected chi connectivity index (χ1v) is 10.5. The van der Waals surface area contributed by atoms with Gasteiger partial charge in [0.05, 0.1) is 31.5 Å². The smallest absolute Gasteiger partial charge is 0.420 e. The molecule has 0 radical (unpaired) electrons. The van der Waals surface area contributed by atoms with Crippen LogP contribution in [0.15, 0.2) is 47.6 Å². The molecule has 3 aromatic rings. The average Bonchev–Trinajstić information content (AvgIpc) is 3.04. The number of benzene rings is 1. The highest BCUT2D eigenvalue weighted by molar-refractivity contribution is 7.97. The molecule has 0 N–H and O–H groups in total. The summed E-state index contributed by atoms with van der Waals surface area (Å²) < 4.78 is 14.3. The number of carbonyl (C=O) groups is 1. The summed E-state index contributed by atoms with van der Waals surface area (Å²) >= 11 is 1.36. The number of hydrogen-bond donors (Lipinski definition) is 0. The Kier molecular flexibility index (Phi) is 7.48. The van der Waals surface area contributed by atoms with E-state index in [1.54, 1.807) is 23.6 Å². The quantitative estimate of drug-likeness (QED) is 0.384. The summed E-state index contributed by atoms with van der Waals surface area (Å²) in [6.07, 6.45) is 3.21. The van der Waals surface area contributed by atoms with Crippen molar-refractivity contribution in [1.82, 2.24) is 18.8 Å². The van der Waals surface area contributed by atoms with E-state index in [2.05, 4.69) is 26.7 Å². The largest absolute Gasteiger partial charge is 0.449 e. The molecule has 0 aliphatic carbocycles. The van der Waals surface area contributed by atoms with E-state index in [0.717, 1.165) is 33.9 Å². The van der Waals surface area contributed by atoms with Crippen LogP contribution in [0.1, 0.15) is 25.2 Å². The molecular formula is C21H26N4O3S. The van der Waals surface area contributed by atoms with Crippen LogP contribution < -0.4 is 0 Å². The molecule has 0 bridgehead atoms. The van der Waals surface area contributed by atoms with Gasteiger partial charge in [-0.1, -0.05) is 12.1 Å². The highest BCUT2D eigenvalue weighted by atomic mass is 32.2. The number of aromatic nitrogens is 3. The van der Waals surface area contributed by atoms with E-state index in [1.165, 1.54) is 11.9 Å². The van der Waals surface area contributed by atoms with E-state index in [0.29, 0.717) is 26.4 Å². The predicted octanol–water partition coefficient (Wildman–Crippen LogP) is 4.29. The molecule has 0 aliphatic heterocycles. The number of pyridine rings is 1. The van der Waals surface area contributed by atoms with Crippen molar-refractivity contribution in [3.63, 3.8) is 0 Å². The Morgan fingerprint density at radius 3 is 2.69 bits per heavy atom. The molecule has 0 atom stereocenters. The van der Waals surface area contributed by atoms with Gasteiger partial charge in [-0.25, -0.2) is 14.1 Å². The molecule has 0 saturated heterocycles. The third-order valence-corrected chi connectivity index (χ3v) is 5.37. The lowest BCUT2D eigenvalue weighted by atomic mass is 10.2. The number of aryl methyl sites for hydroxylation is 1. The molecule has 0 fully saturated rings. The Bertz CT molecular complexity index is 943. The Balaban J connectivity index is 1.69. The zero-order chi connectivity index (χ0) is 20.6. The standard InChI is InChI=1S/C21H26N4O3S/c1-4-27-13-12-25(21(26)28-5-2)29-18-8-6-17(7-9-18)15-24-16(3)23-19-14-22-11-10-20(19)24/h6-11,14H,4-5,12-13,15H2,1-3H3. The lowest BCUT2D eigenvalue weighted by molar-refractivity contribution is 0.109. The highest BCUT2D eigenvalue weighted by Crippen LogP contribution is 2.24. The first-order valence-electron chi connectivity index (χ1n) is 9.68. The molecule has 1 amide bonds. The zero-order valence-corrected chi connectivity index (χ0v) is 17.8. The van der Waals surface area contributed by atoms with Crippen LogP contribution in [0, 0.1) is 6.92 Å². The number of amides is 1. The van der Waals surface area contributed by atoms with Crippen molar-refractivity contribution < 1.29 is 14.3 Å². The van der Waals surface area contributed by atoms with Crippen LogP contribution in [0.25, 0.3) is 11.0 Å². The van der Waals surface area contributed by atoms with E-state index >= 15 is 0 Å². The number of hydrogen-bond acceptors (Lipinski definition) is 6. The van der Waals surface area contributed by atoms with Gasteiger partial charge < -0.3 is 14.0 Å². The van der Waals surface area contributed by atoms with Gasteiger partial charge in [0.15, 0.2) is 0 Å². The minimum absolute atomic E-state index is 0.344. The van der Waals surface area contributed by atoms with Crippen molar-refractivity contribution in [2.24, 2.45) is 0 Å². The maximum Gasteiger partial charge on any atom is 0.420 e. The number of fused-ring (bicyclic) bond motifs is 1. The summed E-state index contributed by atoms with van der Waals surface area (Å²) in [6, 6.07) is 10.2. The number of rotatable bonds is 9. The molecule has 7 nitrogen and oxygen atoms in total. The summed E-state index contributed by atoms with van der Waals surface area (Å²) in [5.41, 5.74) is 3.13. The SMILES string of the molecule is CCOCCN(Sc1ccc(Cn2c(C)nc3cnccc32)cc1)C(=O)OCC. The molecule has 2 heterocycles. The molecule has 0 aliphatic rings. The second kappa shape index (κ2) is 10.3. The van der Waals surface area contributed by atoms with Gasteiger partial charge in [0.1, 0.15) is 11.3 Å². The molecule has 154 valence electrons. The van der Waals surface area contributed by atoms with Gasteiger partial charge in [-0.15, -0.1) is 0 Å². The van der Waals surface area contributed by atoms with Gasteiger partial charge in [0.2, 0.25) is 0 Å². The van der Waals surface area contributed by atoms with E-state index < -0.39 is 0 Å². The maximum absolute atomic E-state index is 12.2. The third-order valence-electron chi connectivity index (χ3n) is 4.34. The van der Waals surface area contributed by atoms with Crippen LogP contribution in [0.2, 0.25) is 0 Å². The fourth-order valence-corrected chi connectivity index (χ4v) is 3.73. The number of ether oxygens (including phenoxy) is 2. The monoisotopic (exact) mass is 414 g/mol. The van der Waals surface area contributed by atoms with Crippen molar-refractivity contribution in [2.45, 2.75) is 32.2 Å². The van der Waals surface area contributed by atoms with Crippen LogP contribution in [0.3, 0.4) is 0 Å². The zero-order valence-electron chi connectivity index (χ0n) is 17.0. The van der Waals surface area contributed by atoms with Gasteiger partial charge in [-0.3, -0.25) is 4.98 Å². The van der Waals surface area contributed by atoms with Gasteiger partial charge in [-0.05, 0) is 56.5 Å². The molecule has 3 rings (SSSR count). The van der Waals surface area contributed by atoms with Crippen LogP contribution >= 0.6 is 11.9 Å². The molecule has 29 heavy (non-hydrogen) atoms. The van der Waals surface area contributed by atoms with Crippen LogP contribution in [0.4, 0.5) is 4.79 Å². The number of imidazole rings is 1. The van der Waals surface area contributed by atoms with Crippen LogP contribution in [-0.4, -0.2) is 51.3 Å². The molecule has 0 spiro atoms. The van der Waals surface area contributed by atoms with Gasteiger partial charge in [0, 0.05) is 24.2 Å². The molecule has 2 aromatic heterocycles. The second-order valence-electron chi connectivity index (χ2n) is 6.34. The van der Waals surface area contributed by atoms with Gasteiger partial charge in [-0.2, -0.15) is 0 Å². The molecule has 0 unspecified atom stereocenters. The average molecular weight is 415 g/mol. The Morgan fingerprint density at radius 1 is 1.17 bits per heavy atom. The minimum Gasteiger partial charge on any atom is -0.449 e. The second-order valence-corrected chi connectivity index (χ2v) is 7.44. The fraction of sp³-hybridized carbons (Fsp3) is 0.381. The minimum atomic E-state index is -0.351. The number of nitrogens with zero attached hydrogens (tertiary/aromatic N) is 4. The van der Waals surface area contributed by atoms with Gasteiger partial charge in [0.25, 0.3) is 0 Å². The number of carbonyl (C=O) groups excluding carboxylic acids is 1. The molecule has 8 heteroatoms. The summed E-state index contributed by atoms with van der Waals surface area (Å²) in [7, 11) is 0. The summed E-state index contributed by atoms with van der Waals surface area (Å²) in [6.45, 7) is 8.36. The Morgan fingerprint density at radius 2 is 1.97 bits per heavy atom. The topological polar surface area (TPSA) is 69.5 Å². The van der Waals surface area contributed by atoms with Crippen molar-refractivity contribution in [1.29, 1.82) is 0 Å². The van der Waals surface area contributed by atoms with Crippen molar-refractivity contribution in [3.8, 4) is 0 Å². The lowest BCUT2D eigenvalue weighted by Crippen LogP contribution is -2.28.